The first-order chi connectivity index (χ1) is 10.6. The molecule has 0 aromatic carbocycles. The van der Waals surface area contributed by atoms with Crippen LogP contribution < -0.4 is 5.32 Å². The van der Waals surface area contributed by atoms with Gasteiger partial charge in [-0.3, -0.25) is 4.79 Å². The van der Waals surface area contributed by atoms with Crippen molar-refractivity contribution in [3.05, 3.63) is 22.4 Å². The molecule has 23 heavy (non-hydrogen) atoms. The normalized spacial score (nSPS) is 18.3. The number of carbonyl (C=O) groups excluding carboxylic acids is 1. The van der Waals surface area contributed by atoms with Gasteiger partial charge in [-0.05, 0) is 30.2 Å². The van der Waals surface area contributed by atoms with Crippen molar-refractivity contribution in [2.24, 2.45) is 10.9 Å². The molecule has 1 aromatic rings. The van der Waals surface area contributed by atoms with Crippen molar-refractivity contribution >= 4 is 47.2 Å². The average Bonchev–Trinajstić information content (AvgIpc) is 3.00. The van der Waals surface area contributed by atoms with Crippen molar-refractivity contribution < 1.29 is 4.79 Å². The molecule has 0 radical (unpaired) electrons. The van der Waals surface area contributed by atoms with Crippen molar-refractivity contribution in [2.75, 3.05) is 33.7 Å². The summed E-state index contributed by atoms with van der Waals surface area (Å²) in [5.74, 6) is 1.56. The molecule has 1 amide bonds. The molecule has 0 spiro atoms. The first-order valence-electron chi connectivity index (χ1n) is 7.82. The Morgan fingerprint density at radius 2 is 2.30 bits per heavy atom. The lowest BCUT2D eigenvalue weighted by Crippen LogP contribution is -2.46. The minimum atomic E-state index is 0. The number of halogens is 1. The topological polar surface area (TPSA) is 47.9 Å². The van der Waals surface area contributed by atoms with Crippen molar-refractivity contribution in [2.45, 2.75) is 26.3 Å². The second-order valence-corrected chi connectivity index (χ2v) is 7.09. The number of hydrogen-bond donors (Lipinski definition) is 1. The molecule has 2 heterocycles. The number of aliphatic imine (C=N–C) groups is 1. The Kier molecular flexibility index (Phi) is 8.90. The summed E-state index contributed by atoms with van der Waals surface area (Å²) in [7, 11) is 3.53. The molecule has 5 nitrogen and oxygen atoms in total. The van der Waals surface area contributed by atoms with Crippen LogP contribution in [0.3, 0.4) is 0 Å². The van der Waals surface area contributed by atoms with Gasteiger partial charge in [-0.1, -0.05) is 13.0 Å². The first kappa shape index (κ1) is 20.2. The Labute approximate surface area is 160 Å². The van der Waals surface area contributed by atoms with Crippen LogP contribution in [0.2, 0.25) is 0 Å². The number of likely N-dealkylation sites (N-methyl/N-ethyl adjacent to an activating group) is 1. The van der Waals surface area contributed by atoms with Crippen LogP contribution in [0, 0.1) is 5.92 Å². The smallest absolute Gasteiger partial charge is 0.243 e. The van der Waals surface area contributed by atoms with E-state index in [-0.39, 0.29) is 36.4 Å². The van der Waals surface area contributed by atoms with Gasteiger partial charge >= 0.3 is 0 Å². The quantitative estimate of drug-likeness (QED) is 0.436. The van der Waals surface area contributed by atoms with Gasteiger partial charge in [-0.15, -0.1) is 35.3 Å². The van der Waals surface area contributed by atoms with E-state index in [1.165, 1.54) is 17.7 Å². The van der Waals surface area contributed by atoms with E-state index in [1.54, 1.807) is 30.3 Å². The Morgan fingerprint density at radius 3 is 2.91 bits per heavy atom. The van der Waals surface area contributed by atoms with Crippen LogP contribution >= 0.6 is 35.3 Å². The lowest BCUT2D eigenvalue weighted by molar-refractivity contribution is -0.127. The van der Waals surface area contributed by atoms with Gasteiger partial charge in [-0.25, -0.2) is 4.99 Å². The summed E-state index contributed by atoms with van der Waals surface area (Å²) in [4.78, 5) is 21.5. The number of piperidine rings is 1. The Hall–Kier alpha value is -0.830. The second kappa shape index (κ2) is 10.1. The fourth-order valence-electron chi connectivity index (χ4n) is 2.51. The van der Waals surface area contributed by atoms with Crippen LogP contribution in [0.25, 0.3) is 0 Å². The van der Waals surface area contributed by atoms with Gasteiger partial charge in [0.25, 0.3) is 0 Å². The van der Waals surface area contributed by atoms with Crippen LogP contribution in [0.1, 0.15) is 24.6 Å². The average molecular weight is 450 g/mol. The highest BCUT2D eigenvalue weighted by molar-refractivity contribution is 14.0. The van der Waals surface area contributed by atoms with Gasteiger partial charge in [0.15, 0.2) is 5.96 Å². The minimum absolute atomic E-state index is 0. The van der Waals surface area contributed by atoms with Crippen LogP contribution in [0.5, 0.6) is 0 Å². The fraction of sp³-hybridized carbons (Fsp3) is 0.625. The zero-order valence-corrected chi connectivity index (χ0v) is 17.3. The number of thiophene rings is 1. The number of guanidine groups is 1. The standard InChI is InChI=1S/C16H26N4OS.HI/c1-13-6-4-8-20(12-13)16(18-11-15(21)19(2)3)17-10-14-7-5-9-22-14;/h5,7,9,13H,4,6,8,10-12H2,1-3H3,(H,17,18);1H. The molecule has 1 saturated heterocycles. The summed E-state index contributed by atoms with van der Waals surface area (Å²) < 4.78 is 0. The van der Waals surface area contributed by atoms with Gasteiger partial charge in [0.05, 0.1) is 6.54 Å². The third-order valence-corrected chi connectivity index (χ3v) is 4.70. The SMILES string of the molecule is CC1CCCN(C(=NCC(=O)N(C)C)NCc2cccs2)C1.I. The van der Waals surface area contributed by atoms with Crippen LogP contribution in [-0.2, 0) is 11.3 Å². The predicted molar refractivity (Wildman–Crippen MR) is 108 cm³/mol. The molecule has 0 saturated carbocycles. The highest BCUT2D eigenvalue weighted by atomic mass is 127. The van der Waals surface area contributed by atoms with Gasteiger partial charge in [0, 0.05) is 32.1 Å². The summed E-state index contributed by atoms with van der Waals surface area (Å²) in [6.07, 6.45) is 2.45. The number of likely N-dealkylation sites (tertiary alicyclic amines) is 1. The predicted octanol–water partition coefficient (Wildman–Crippen LogP) is 2.63. The molecule has 1 atom stereocenters. The lowest BCUT2D eigenvalue weighted by atomic mass is 10.0. The monoisotopic (exact) mass is 450 g/mol. The van der Waals surface area contributed by atoms with Gasteiger partial charge in [-0.2, -0.15) is 0 Å². The summed E-state index contributed by atoms with van der Waals surface area (Å²) in [6.45, 7) is 5.25. The van der Waals surface area contributed by atoms with Crippen molar-refractivity contribution in [1.82, 2.24) is 15.1 Å². The van der Waals surface area contributed by atoms with Crippen molar-refractivity contribution in [1.29, 1.82) is 0 Å². The van der Waals surface area contributed by atoms with Gasteiger partial charge in [0.1, 0.15) is 6.54 Å². The number of carbonyl (C=O) groups is 1. The number of hydrogen-bond acceptors (Lipinski definition) is 3. The van der Waals surface area contributed by atoms with E-state index in [9.17, 15) is 4.79 Å². The zero-order valence-electron chi connectivity index (χ0n) is 14.1. The zero-order chi connectivity index (χ0) is 15.9. The first-order valence-corrected chi connectivity index (χ1v) is 8.70. The molecule has 1 aliphatic rings. The molecule has 1 aromatic heterocycles. The minimum Gasteiger partial charge on any atom is -0.351 e. The molecule has 0 bridgehead atoms. The van der Waals surface area contributed by atoms with Gasteiger partial charge in [0.2, 0.25) is 5.91 Å². The molecule has 0 aliphatic carbocycles. The summed E-state index contributed by atoms with van der Waals surface area (Å²) in [5.41, 5.74) is 0. The fourth-order valence-corrected chi connectivity index (χ4v) is 3.16. The maximum atomic E-state index is 11.8. The highest BCUT2D eigenvalue weighted by Gasteiger charge is 2.20. The van der Waals surface area contributed by atoms with E-state index in [0.717, 1.165) is 25.6 Å². The molecule has 1 unspecified atom stereocenters. The number of amides is 1. The van der Waals surface area contributed by atoms with E-state index in [0.29, 0.717) is 5.92 Å². The molecule has 1 N–H and O–H groups in total. The van der Waals surface area contributed by atoms with E-state index >= 15 is 0 Å². The second-order valence-electron chi connectivity index (χ2n) is 6.05. The Morgan fingerprint density at radius 1 is 1.52 bits per heavy atom. The molecule has 1 fully saturated rings. The van der Waals surface area contributed by atoms with Crippen LogP contribution in [0.4, 0.5) is 0 Å². The van der Waals surface area contributed by atoms with E-state index in [2.05, 4.69) is 39.6 Å². The third kappa shape index (κ3) is 6.66. The maximum absolute atomic E-state index is 11.8. The lowest BCUT2D eigenvalue weighted by Gasteiger charge is -2.33. The Balaban J connectivity index is 0.00000264. The van der Waals surface area contributed by atoms with E-state index in [1.807, 2.05) is 0 Å². The molecular formula is C16H27IN4OS. The molecule has 7 heteroatoms. The molecule has 130 valence electrons. The third-order valence-electron chi connectivity index (χ3n) is 3.82. The number of rotatable bonds is 4. The summed E-state index contributed by atoms with van der Waals surface area (Å²) in [6, 6.07) is 4.16. The molecular weight excluding hydrogens is 423 g/mol. The van der Waals surface area contributed by atoms with Crippen molar-refractivity contribution in [3.8, 4) is 0 Å². The van der Waals surface area contributed by atoms with E-state index < -0.39 is 0 Å². The maximum Gasteiger partial charge on any atom is 0.243 e. The highest BCUT2D eigenvalue weighted by Crippen LogP contribution is 2.16. The van der Waals surface area contributed by atoms with Crippen molar-refractivity contribution in [3.63, 3.8) is 0 Å². The Bertz CT molecular complexity index is 504. The van der Waals surface area contributed by atoms with E-state index in [4.69, 9.17) is 0 Å². The molecule has 1 aliphatic heterocycles. The molecule has 2 rings (SSSR count). The number of nitrogens with zero attached hydrogens (tertiary/aromatic N) is 3. The van der Waals surface area contributed by atoms with Crippen LogP contribution in [0.15, 0.2) is 22.5 Å². The largest absolute Gasteiger partial charge is 0.351 e. The summed E-state index contributed by atoms with van der Waals surface area (Å²) in [5, 5.41) is 5.50. The van der Waals surface area contributed by atoms with Gasteiger partial charge < -0.3 is 15.1 Å². The number of nitrogens with one attached hydrogen (secondary N) is 1. The summed E-state index contributed by atoms with van der Waals surface area (Å²) >= 11 is 1.73. The van der Waals surface area contributed by atoms with Crippen LogP contribution in [-0.4, -0.2) is 55.4 Å².